The maximum absolute atomic E-state index is 11.8. The van der Waals surface area contributed by atoms with Gasteiger partial charge in [0.1, 0.15) is 0 Å². The number of carbonyl (C=O) groups excluding carboxylic acids is 1. The van der Waals surface area contributed by atoms with Crippen molar-refractivity contribution in [3.63, 3.8) is 0 Å². The van der Waals surface area contributed by atoms with Crippen molar-refractivity contribution in [1.29, 1.82) is 5.41 Å². The van der Waals surface area contributed by atoms with Crippen molar-refractivity contribution in [1.82, 2.24) is 5.32 Å². The van der Waals surface area contributed by atoms with Crippen LogP contribution in [0, 0.1) is 5.41 Å². The number of hydrogen-bond donors (Lipinski definition) is 2. The Hall–Kier alpha value is -1.84. The average Bonchev–Trinajstić information content (AvgIpc) is 2.77. The Bertz CT molecular complexity index is 426. The lowest BCUT2D eigenvalue weighted by Crippen LogP contribution is -2.23. The smallest absolute Gasteiger partial charge is 0.166 e. The van der Waals surface area contributed by atoms with E-state index in [0.717, 1.165) is 6.42 Å². The van der Waals surface area contributed by atoms with Crippen LogP contribution in [0.5, 0.6) is 0 Å². The van der Waals surface area contributed by atoms with Gasteiger partial charge in [0.05, 0.1) is 17.5 Å². The van der Waals surface area contributed by atoms with E-state index in [-0.39, 0.29) is 5.78 Å². The first-order valence-corrected chi connectivity index (χ1v) is 5.31. The Morgan fingerprint density at radius 1 is 1.50 bits per heavy atom. The summed E-state index contributed by atoms with van der Waals surface area (Å²) in [6.45, 7) is 0. The minimum absolute atomic E-state index is 0.0250. The van der Waals surface area contributed by atoms with Gasteiger partial charge in [-0.25, -0.2) is 0 Å². The molecule has 0 atom stereocenters. The highest BCUT2D eigenvalue weighted by molar-refractivity contribution is 6.27. The van der Waals surface area contributed by atoms with Gasteiger partial charge in [-0.05, 0) is 25.0 Å². The molecule has 2 N–H and O–H groups in total. The largest absolute Gasteiger partial charge is 0.463 e. The number of nitrogens with one attached hydrogen (secondary N) is 2. The standard InChI is InChI=1S/C12H14N2O2/c1-14-12(10-6-3-7-16-10)11-8(13)4-2-5-9(11)15/h3,6-7,13-14H,2,4-5H2,1H3/b12-11+,13-8?. The number of ketones is 1. The molecule has 1 fully saturated rings. The van der Waals surface area contributed by atoms with Crippen molar-refractivity contribution in [3.05, 3.63) is 29.7 Å². The molecule has 0 radical (unpaired) electrons. The molecule has 16 heavy (non-hydrogen) atoms. The zero-order chi connectivity index (χ0) is 11.5. The van der Waals surface area contributed by atoms with E-state index in [1.807, 2.05) is 0 Å². The predicted octanol–water partition coefficient (Wildman–Crippen LogP) is 1.98. The molecule has 0 saturated heterocycles. The van der Waals surface area contributed by atoms with Crippen LogP contribution < -0.4 is 5.32 Å². The molecule has 1 saturated carbocycles. The second kappa shape index (κ2) is 4.35. The molecule has 1 aliphatic carbocycles. The van der Waals surface area contributed by atoms with Gasteiger partial charge in [0.15, 0.2) is 11.5 Å². The lowest BCUT2D eigenvalue weighted by atomic mass is 9.89. The predicted molar refractivity (Wildman–Crippen MR) is 61.3 cm³/mol. The Morgan fingerprint density at radius 2 is 2.31 bits per heavy atom. The van der Waals surface area contributed by atoms with E-state index < -0.39 is 0 Å². The SMILES string of the molecule is CN/C(=C1\C(=N)CCCC1=O)c1ccco1. The number of Topliss-reactive ketones (excluding diaryl/α,β-unsaturated/α-hetero) is 1. The second-order valence-electron chi connectivity index (χ2n) is 3.73. The summed E-state index contributed by atoms with van der Waals surface area (Å²) in [6, 6.07) is 3.55. The molecule has 0 spiro atoms. The number of allylic oxidation sites excluding steroid dienone is 1. The van der Waals surface area contributed by atoms with Gasteiger partial charge in [-0.2, -0.15) is 0 Å². The van der Waals surface area contributed by atoms with Crippen LogP contribution >= 0.6 is 0 Å². The Kier molecular flexibility index (Phi) is 2.90. The van der Waals surface area contributed by atoms with Crippen molar-refractivity contribution < 1.29 is 9.21 Å². The zero-order valence-corrected chi connectivity index (χ0v) is 9.17. The van der Waals surface area contributed by atoms with Gasteiger partial charge in [-0.15, -0.1) is 0 Å². The molecule has 0 bridgehead atoms. The summed E-state index contributed by atoms with van der Waals surface area (Å²) in [5.41, 5.74) is 1.50. The van der Waals surface area contributed by atoms with E-state index in [9.17, 15) is 4.79 Å². The molecule has 1 aromatic rings. The molecule has 0 amide bonds. The fourth-order valence-corrected chi connectivity index (χ4v) is 1.93. The summed E-state index contributed by atoms with van der Waals surface area (Å²) in [5, 5.41) is 10.8. The quantitative estimate of drug-likeness (QED) is 0.746. The second-order valence-corrected chi connectivity index (χ2v) is 3.73. The first-order valence-electron chi connectivity index (χ1n) is 5.31. The molecular weight excluding hydrogens is 204 g/mol. The average molecular weight is 218 g/mol. The van der Waals surface area contributed by atoms with E-state index in [1.54, 1.807) is 25.4 Å². The molecule has 84 valence electrons. The molecule has 0 unspecified atom stereocenters. The number of carbonyl (C=O) groups is 1. The van der Waals surface area contributed by atoms with Gasteiger partial charge in [0.2, 0.25) is 0 Å². The van der Waals surface area contributed by atoms with Crippen LogP contribution in [-0.4, -0.2) is 18.5 Å². The molecule has 1 aromatic heterocycles. The zero-order valence-electron chi connectivity index (χ0n) is 9.17. The van der Waals surface area contributed by atoms with Crippen LogP contribution in [0.25, 0.3) is 5.70 Å². The summed E-state index contributed by atoms with van der Waals surface area (Å²) < 4.78 is 5.27. The van der Waals surface area contributed by atoms with Crippen LogP contribution in [0.4, 0.5) is 0 Å². The minimum Gasteiger partial charge on any atom is -0.463 e. The molecule has 1 heterocycles. The van der Waals surface area contributed by atoms with Crippen LogP contribution in [0.1, 0.15) is 25.0 Å². The van der Waals surface area contributed by atoms with E-state index in [2.05, 4.69) is 5.32 Å². The Balaban J connectivity index is 2.50. The normalized spacial score (nSPS) is 19.8. The summed E-state index contributed by atoms with van der Waals surface area (Å²) in [5.74, 6) is 0.634. The van der Waals surface area contributed by atoms with Crippen molar-refractivity contribution in [2.24, 2.45) is 0 Å². The summed E-state index contributed by atoms with van der Waals surface area (Å²) in [7, 11) is 1.74. The molecule has 0 aliphatic heterocycles. The van der Waals surface area contributed by atoms with E-state index in [1.165, 1.54) is 0 Å². The Labute approximate surface area is 93.8 Å². The van der Waals surface area contributed by atoms with Gasteiger partial charge in [-0.1, -0.05) is 0 Å². The first-order chi connectivity index (χ1) is 7.74. The monoisotopic (exact) mass is 218 g/mol. The van der Waals surface area contributed by atoms with Crippen LogP contribution in [0.15, 0.2) is 28.4 Å². The molecular formula is C12H14N2O2. The Morgan fingerprint density at radius 3 is 2.88 bits per heavy atom. The van der Waals surface area contributed by atoms with Gasteiger partial charge >= 0.3 is 0 Å². The fourth-order valence-electron chi connectivity index (χ4n) is 1.93. The molecule has 1 aliphatic rings. The van der Waals surface area contributed by atoms with Gasteiger partial charge in [0, 0.05) is 19.2 Å². The van der Waals surface area contributed by atoms with Crippen molar-refractivity contribution in [2.45, 2.75) is 19.3 Å². The lowest BCUT2D eigenvalue weighted by molar-refractivity contribution is -0.115. The molecule has 0 aromatic carbocycles. The summed E-state index contributed by atoms with van der Waals surface area (Å²) in [6.07, 6.45) is 3.51. The highest BCUT2D eigenvalue weighted by Crippen LogP contribution is 2.24. The van der Waals surface area contributed by atoms with Crippen molar-refractivity contribution in [3.8, 4) is 0 Å². The third kappa shape index (κ3) is 1.78. The molecule has 4 nitrogen and oxygen atoms in total. The first kappa shape index (κ1) is 10.7. The van der Waals surface area contributed by atoms with Crippen LogP contribution in [0.3, 0.4) is 0 Å². The summed E-state index contributed by atoms with van der Waals surface area (Å²) in [4.78, 5) is 11.8. The van der Waals surface area contributed by atoms with Crippen molar-refractivity contribution in [2.75, 3.05) is 7.05 Å². The van der Waals surface area contributed by atoms with Crippen LogP contribution in [0.2, 0.25) is 0 Å². The van der Waals surface area contributed by atoms with E-state index in [4.69, 9.17) is 9.83 Å². The fraction of sp³-hybridized carbons (Fsp3) is 0.333. The number of furan rings is 1. The number of hydrogen-bond acceptors (Lipinski definition) is 4. The van der Waals surface area contributed by atoms with Crippen molar-refractivity contribution >= 4 is 17.2 Å². The highest BCUT2D eigenvalue weighted by Gasteiger charge is 2.25. The van der Waals surface area contributed by atoms with Gasteiger partial charge in [0.25, 0.3) is 0 Å². The minimum atomic E-state index is 0.0250. The molecule has 2 rings (SSSR count). The topological polar surface area (TPSA) is 66.1 Å². The van der Waals surface area contributed by atoms with Gasteiger partial charge < -0.3 is 15.1 Å². The van der Waals surface area contributed by atoms with Gasteiger partial charge in [-0.3, -0.25) is 4.79 Å². The number of rotatable bonds is 2. The van der Waals surface area contributed by atoms with Crippen LogP contribution in [-0.2, 0) is 4.79 Å². The highest BCUT2D eigenvalue weighted by atomic mass is 16.3. The summed E-state index contributed by atoms with van der Waals surface area (Å²) >= 11 is 0. The van der Waals surface area contributed by atoms with E-state index in [0.29, 0.717) is 35.6 Å². The molecule has 4 heteroatoms. The lowest BCUT2D eigenvalue weighted by Gasteiger charge is -2.17. The maximum Gasteiger partial charge on any atom is 0.166 e. The van der Waals surface area contributed by atoms with E-state index >= 15 is 0 Å². The third-order valence-corrected chi connectivity index (χ3v) is 2.68. The third-order valence-electron chi connectivity index (χ3n) is 2.68. The maximum atomic E-state index is 11.8.